The lowest BCUT2D eigenvalue weighted by molar-refractivity contribution is 0.398. The van der Waals surface area contributed by atoms with E-state index in [2.05, 4.69) is 19.0 Å². The molecule has 0 saturated heterocycles. The molecule has 1 atom stereocenters. The summed E-state index contributed by atoms with van der Waals surface area (Å²) in [6, 6.07) is 9.69. The molecule has 15 heavy (non-hydrogen) atoms. The van der Waals surface area contributed by atoms with Crippen LogP contribution in [0.3, 0.4) is 0 Å². The Labute approximate surface area is 94.8 Å². The Bertz CT molecular complexity index is 298. The summed E-state index contributed by atoms with van der Waals surface area (Å²) in [5.74, 6) is 0.776. The third-order valence-electron chi connectivity index (χ3n) is 2.19. The molecule has 0 radical (unpaired) electrons. The molecule has 0 aromatic heterocycles. The van der Waals surface area contributed by atoms with Crippen molar-refractivity contribution >= 4 is 10.8 Å². The second kappa shape index (κ2) is 6.75. The van der Waals surface area contributed by atoms with Crippen LogP contribution < -0.4 is 0 Å². The molecule has 2 nitrogen and oxygen atoms in total. The van der Waals surface area contributed by atoms with Gasteiger partial charge < -0.3 is 4.90 Å². The first-order valence-electron chi connectivity index (χ1n) is 5.28. The van der Waals surface area contributed by atoms with E-state index >= 15 is 0 Å². The number of nitrogens with zero attached hydrogens (tertiary/aromatic N) is 1. The SMILES string of the molecule is CN(C)CCCCS(=O)c1ccccc1. The number of rotatable bonds is 6. The van der Waals surface area contributed by atoms with Crippen LogP contribution in [0.2, 0.25) is 0 Å². The predicted octanol–water partition coefficient (Wildman–Crippen LogP) is 2.14. The highest BCUT2D eigenvalue weighted by molar-refractivity contribution is 7.85. The fraction of sp³-hybridized carbons (Fsp3) is 0.500. The van der Waals surface area contributed by atoms with Crippen LogP contribution in [0, 0.1) is 0 Å². The van der Waals surface area contributed by atoms with Gasteiger partial charge in [0.15, 0.2) is 0 Å². The molecule has 0 aliphatic carbocycles. The number of hydrogen-bond acceptors (Lipinski definition) is 2. The van der Waals surface area contributed by atoms with E-state index in [1.807, 2.05) is 30.3 Å². The van der Waals surface area contributed by atoms with Gasteiger partial charge in [0.2, 0.25) is 0 Å². The molecule has 0 heterocycles. The largest absolute Gasteiger partial charge is 0.309 e. The van der Waals surface area contributed by atoms with Gasteiger partial charge in [-0.05, 0) is 45.6 Å². The number of unbranched alkanes of at least 4 members (excludes halogenated alkanes) is 1. The Morgan fingerprint density at radius 3 is 2.40 bits per heavy atom. The Morgan fingerprint density at radius 2 is 1.80 bits per heavy atom. The summed E-state index contributed by atoms with van der Waals surface area (Å²) in [5.41, 5.74) is 0. The zero-order chi connectivity index (χ0) is 11.1. The van der Waals surface area contributed by atoms with Crippen molar-refractivity contribution in [2.45, 2.75) is 17.7 Å². The molecule has 0 N–H and O–H groups in total. The lowest BCUT2D eigenvalue weighted by Gasteiger charge is -2.08. The van der Waals surface area contributed by atoms with Crippen LogP contribution in [-0.2, 0) is 10.8 Å². The maximum Gasteiger partial charge on any atom is 0.0529 e. The van der Waals surface area contributed by atoms with Crippen molar-refractivity contribution < 1.29 is 4.21 Å². The van der Waals surface area contributed by atoms with Crippen LogP contribution in [0.5, 0.6) is 0 Å². The fourth-order valence-corrected chi connectivity index (χ4v) is 2.51. The van der Waals surface area contributed by atoms with Gasteiger partial charge >= 0.3 is 0 Å². The van der Waals surface area contributed by atoms with E-state index in [-0.39, 0.29) is 0 Å². The minimum absolute atomic E-state index is 0.776. The summed E-state index contributed by atoms with van der Waals surface area (Å²) in [6.07, 6.45) is 2.14. The third kappa shape index (κ3) is 5.09. The lowest BCUT2D eigenvalue weighted by Crippen LogP contribution is -2.13. The molecule has 0 bridgehead atoms. The molecule has 1 aromatic carbocycles. The smallest absolute Gasteiger partial charge is 0.0529 e. The first-order chi connectivity index (χ1) is 7.20. The van der Waals surface area contributed by atoms with E-state index < -0.39 is 10.8 Å². The average Bonchev–Trinajstić information content (AvgIpc) is 2.25. The number of benzene rings is 1. The van der Waals surface area contributed by atoms with Crippen molar-refractivity contribution in [3.8, 4) is 0 Å². The van der Waals surface area contributed by atoms with Crippen LogP contribution in [-0.4, -0.2) is 35.5 Å². The van der Waals surface area contributed by atoms with Gasteiger partial charge in [-0.2, -0.15) is 0 Å². The summed E-state index contributed by atoms with van der Waals surface area (Å²) in [6.45, 7) is 1.08. The van der Waals surface area contributed by atoms with Crippen LogP contribution in [0.25, 0.3) is 0 Å². The van der Waals surface area contributed by atoms with Gasteiger partial charge in [-0.3, -0.25) is 4.21 Å². The standard InChI is InChI=1S/C12H19NOS/c1-13(2)10-6-7-11-15(14)12-8-4-3-5-9-12/h3-5,8-9H,6-7,10-11H2,1-2H3. The summed E-state index contributed by atoms with van der Waals surface area (Å²) < 4.78 is 11.8. The van der Waals surface area contributed by atoms with Crippen molar-refractivity contribution in [3.63, 3.8) is 0 Å². The normalized spacial score (nSPS) is 13.0. The molecule has 1 rings (SSSR count). The highest BCUT2D eigenvalue weighted by atomic mass is 32.2. The zero-order valence-electron chi connectivity index (χ0n) is 9.48. The molecule has 0 aliphatic rings. The minimum atomic E-state index is -0.817. The summed E-state index contributed by atoms with van der Waals surface area (Å²) >= 11 is 0. The second-order valence-corrected chi connectivity index (χ2v) is 5.44. The Kier molecular flexibility index (Phi) is 5.58. The number of hydrogen-bond donors (Lipinski definition) is 0. The molecule has 0 amide bonds. The topological polar surface area (TPSA) is 20.3 Å². The van der Waals surface area contributed by atoms with E-state index in [1.54, 1.807) is 0 Å². The van der Waals surface area contributed by atoms with Gasteiger partial charge in [0, 0.05) is 10.6 Å². The van der Waals surface area contributed by atoms with Crippen molar-refractivity contribution in [1.29, 1.82) is 0 Å². The molecular formula is C12H19NOS. The Hall–Kier alpha value is -0.670. The van der Waals surface area contributed by atoms with E-state index in [4.69, 9.17) is 0 Å². The van der Waals surface area contributed by atoms with Gasteiger partial charge in [-0.15, -0.1) is 0 Å². The first kappa shape index (κ1) is 12.4. The molecule has 3 heteroatoms. The quantitative estimate of drug-likeness (QED) is 0.691. The van der Waals surface area contributed by atoms with Crippen LogP contribution in [0.4, 0.5) is 0 Å². The third-order valence-corrected chi connectivity index (χ3v) is 3.65. The average molecular weight is 225 g/mol. The fourth-order valence-electron chi connectivity index (χ4n) is 1.35. The van der Waals surface area contributed by atoms with E-state index in [0.29, 0.717) is 0 Å². The van der Waals surface area contributed by atoms with Gasteiger partial charge in [-0.1, -0.05) is 18.2 Å². The molecule has 1 aromatic rings. The summed E-state index contributed by atoms with van der Waals surface area (Å²) in [5, 5.41) is 0. The second-order valence-electron chi connectivity index (χ2n) is 3.87. The monoisotopic (exact) mass is 225 g/mol. The molecule has 1 unspecified atom stereocenters. The highest BCUT2D eigenvalue weighted by Crippen LogP contribution is 2.07. The van der Waals surface area contributed by atoms with Crippen molar-refractivity contribution in [2.24, 2.45) is 0 Å². The lowest BCUT2D eigenvalue weighted by atomic mass is 10.3. The molecule has 0 fully saturated rings. The molecule has 0 spiro atoms. The van der Waals surface area contributed by atoms with E-state index in [9.17, 15) is 4.21 Å². The first-order valence-corrected chi connectivity index (χ1v) is 6.60. The van der Waals surface area contributed by atoms with Gasteiger partial charge in [0.25, 0.3) is 0 Å². The predicted molar refractivity (Wildman–Crippen MR) is 65.5 cm³/mol. The summed E-state index contributed by atoms with van der Waals surface area (Å²) in [7, 11) is 3.31. The minimum Gasteiger partial charge on any atom is -0.309 e. The van der Waals surface area contributed by atoms with Crippen LogP contribution >= 0.6 is 0 Å². The molecule has 84 valence electrons. The van der Waals surface area contributed by atoms with Gasteiger partial charge in [-0.25, -0.2) is 0 Å². The zero-order valence-corrected chi connectivity index (χ0v) is 10.3. The Balaban J connectivity index is 2.25. The van der Waals surface area contributed by atoms with Crippen molar-refractivity contribution in [3.05, 3.63) is 30.3 Å². The maximum absolute atomic E-state index is 11.8. The van der Waals surface area contributed by atoms with Crippen LogP contribution in [0.1, 0.15) is 12.8 Å². The Morgan fingerprint density at radius 1 is 1.13 bits per heavy atom. The van der Waals surface area contributed by atoms with E-state index in [0.717, 1.165) is 30.0 Å². The van der Waals surface area contributed by atoms with Gasteiger partial charge in [0.05, 0.1) is 10.8 Å². The van der Waals surface area contributed by atoms with Crippen molar-refractivity contribution in [2.75, 3.05) is 26.4 Å². The molecule has 0 saturated carbocycles. The van der Waals surface area contributed by atoms with Gasteiger partial charge in [0.1, 0.15) is 0 Å². The van der Waals surface area contributed by atoms with Crippen LogP contribution in [0.15, 0.2) is 35.2 Å². The van der Waals surface area contributed by atoms with Crippen molar-refractivity contribution in [1.82, 2.24) is 4.90 Å². The molecular weight excluding hydrogens is 206 g/mol. The highest BCUT2D eigenvalue weighted by Gasteiger charge is 2.02. The van der Waals surface area contributed by atoms with E-state index in [1.165, 1.54) is 0 Å². The molecule has 0 aliphatic heterocycles. The summed E-state index contributed by atoms with van der Waals surface area (Å²) in [4.78, 5) is 3.10. The maximum atomic E-state index is 11.8.